The maximum Gasteiger partial charge on any atom is 0.227 e. The third-order valence-corrected chi connectivity index (χ3v) is 3.22. The van der Waals surface area contributed by atoms with E-state index in [1.807, 2.05) is 24.3 Å². The lowest BCUT2D eigenvalue weighted by molar-refractivity contribution is -0.129. The van der Waals surface area contributed by atoms with E-state index in [0.717, 1.165) is 11.3 Å². The van der Waals surface area contributed by atoms with Crippen LogP contribution in [-0.2, 0) is 17.8 Å². The van der Waals surface area contributed by atoms with Crippen LogP contribution >= 0.6 is 0 Å². The summed E-state index contributed by atoms with van der Waals surface area (Å²) in [6.07, 6.45) is 0.317. The maximum absolute atomic E-state index is 12.2. The number of carbonyl (C=O) groups excluding carboxylic acids is 1. The normalized spacial score (nSPS) is 10.5. The van der Waals surface area contributed by atoms with Gasteiger partial charge in [-0.3, -0.25) is 4.79 Å². The molecule has 0 aliphatic heterocycles. The van der Waals surface area contributed by atoms with E-state index in [9.17, 15) is 4.79 Å². The van der Waals surface area contributed by atoms with Crippen LogP contribution in [0.15, 0.2) is 28.9 Å². The Labute approximate surface area is 129 Å². The van der Waals surface area contributed by atoms with Crippen molar-refractivity contribution < 1.29 is 14.2 Å². The van der Waals surface area contributed by atoms with Gasteiger partial charge in [0.15, 0.2) is 0 Å². The van der Waals surface area contributed by atoms with Crippen molar-refractivity contribution in [2.45, 2.75) is 19.9 Å². The number of rotatable bonds is 7. The molecule has 2 rings (SSSR count). The van der Waals surface area contributed by atoms with Gasteiger partial charge in [0.05, 0.1) is 13.0 Å². The van der Waals surface area contributed by atoms with Gasteiger partial charge >= 0.3 is 0 Å². The number of hydrogen-bond acceptors (Lipinski definition) is 6. The molecule has 0 unspecified atom stereocenters. The Morgan fingerprint density at radius 1 is 1.32 bits per heavy atom. The molecule has 0 saturated heterocycles. The molecule has 0 aliphatic rings. The van der Waals surface area contributed by atoms with Gasteiger partial charge in [0.2, 0.25) is 5.91 Å². The number of benzene rings is 1. The second-order valence-corrected chi connectivity index (χ2v) is 5.00. The van der Waals surface area contributed by atoms with E-state index in [1.54, 1.807) is 18.9 Å². The second kappa shape index (κ2) is 7.56. The number of ether oxygens (including phenoxy) is 1. The van der Waals surface area contributed by atoms with Crippen LogP contribution in [0.4, 0.5) is 0 Å². The summed E-state index contributed by atoms with van der Waals surface area (Å²) < 4.78 is 10.0. The standard InChI is InChI=1S/C15H20N4O3/c1-11-14(18-22-17-11)10-19(2)15(20)9-12-3-5-13(6-4-12)21-8-7-16/h3-6H,7-10,16H2,1-2H3. The predicted octanol–water partition coefficient (Wildman–Crippen LogP) is 0.917. The zero-order chi connectivity index (χ0) is 15.9. The summed E-state index contributed by atoms with van der Waals surface area (Å²) in [5.41, 5.74) is 7.67. The van der Waals surface area contributed by atoms with Gasteiger partial charge in [0, 0.05) is 13.6 Å². The van der Waals surface area contributed by atoms with E-state index in [1.165, 1.54) is 0 Å². The summed E-state index contributed by atoms with van der Waals surface area (Å²) in [5, 5.41) is 7.48. The Kier molecular flexibility index (Phi) is 5.48. The molecule has 22 heavy (non-hydrogen) atoms. The maximum atomic E-state index is 12.2. The summed E-state index contributed by atoms with van der Waals surface area (Å²) in [6.45, 7) is 3.13. The first kappa shape index (κ1) is 16.0. The van der Waals surface area contributed by atoms with Crippen molar-refractivity contribution in [3.8, 4) is 5.75 Å². The monoisotopic (exact) mass is 304 g/mol. The highest BCUT2D eigenvalue weighted by molar-refractivity contribution is 5.78. The van der Waals surface area contributed by atoms with Crippen LogP contribution in [0.1, 0.15) is 17.0 Å². The first-order chi connectivity index (χ1) is 10.6. The minimum Gasteiger partial charge on any atom is -0.492 e. The largest absolute Gasteiger partial charge is 0.492 e. The first-order valence-electron chi connectivity index (χ1n) is 7.04. The molecule has 1 heterocycles. The number of aromatic nitrogens is 2. The second-order valence-electron chi connectivity index (χ2n) is 5.00. The van der Waals surface area contributed by atoms with Gasteiger partial charge in [-0.05, 0) is 24.6 Å². The average Bonchev–Trinajstić information content (AvgIpc) is 2.91. The van der Waals surface area contributed by atoms with E-state index in [4.69, 9.17) is 10.5 Å². The van der Waals surface area contributed by atoms with Gasteiger partial charge in [-0.2, -0.15) is 0 Å². The molecule has 0 bridgehead atoms. The summed E-state index contributed by atoms with van der Waals surface area (Å²) in [6, 6.07) is 7.43. The lowest BCUT2D eigenvalue weighted by atomic mass is 10.1. The lowest BCUT2D eigenvalue weighted by Crippen LogP contribution is -2.28. The molecule has 0 radical (unpaired) electrons. The Bertz CT molecular complexity index is 610. The van der Waals surface area contributed by atoms with Crippen LogP contribution in [-0.4, -0.2) is 41.3 Å². The molecular formula is C15H20N4O3. The molecule has 0 spiro atoms. The topological polar surface area (TPSA) is 94.5 Å². The van der Waals surface area contributed by atoms with Crippen molar-refractivity contribution in [2.75, 3.05) is 20.2 Å². The Morgan fingerprint density at radius 3 is 2.64 bits per heavy atom. The summed E-state index contributed by atoms with van der Waals surface area (Å²) in [4.78, 5) is 13.8. The van der Waals surface area contributed by atoms with Crippen molar-refractivity contribution >= 4 is 5.91 Å². The van der Waals surface area contributed by atoms with Crippen molar-refractivity contribution in [1.29, 1.82) is 0 Å². The van der Waals surface area contributed by atoms with Crippen LogP contribution in [0.2, 0.25) is 0 Å². The number of nitrogens with zero attached hydrogens (tertiary/aromatic N) is 3. The van der Waals surface area contributed by atoms with Gasteiger partial charge in [-0.15, -0.1) is 0 Å². The highest BCUT2D eigenvalue weighted by Gasteiger charge is 2.14. The Morgan fingerprint density at radius 2 is 2.05 bits per heavy atom. The molecule has 2 N–H and O–H groups in total. The third kappa shape index (κ3) is 4.29. The fourth-order valence-corrected chi connectivity index (χ4v) is 1.90. The third-order valence-electron chi connectivity index (χ3n) is 3.22. The van der Waals surface area contributed by atoms with E-state index in [-0.39, 0.29) is 5.91 Å². The molecule has 118 valence electrons. The molecule has 7 heteroatoms. The molecule has 7 nitrogen and oxygen atoms in total. The van der Waals surface area contributed by atoms with Crippen LogP contribution < -0.4 is 10.5 Å². The zero-order valence-corrected chi connectivity index (χ0v) is 12.8. The fourth-order valence-electron chi connectivity index (χ4n) is 1.90. The number of likely N-dealkylation sites (N-methyl/N-ethyl adjacent to an activating group) is 1. The molecule has 1 amide bonds. The van der Waals surface area contributed by atoms with Gasteiger partial charge in [-0.1, -0.05) is 22.4 Å². The van der Waals surface area contributed by atoms with E-state index in [0.29, 0.717) is 37.5 Å². The van der Waals surface area contributed by atoms with Crippen molar-refractivity contribution in [1.82, 2.24) is 15.2 Å². The molecule has 0 saturated carbocycles. The van der Waals surface area contributed by atoms with Gasteiger partial charge in [0.1, 0.15) is 23.7 Å². The Balaban J connectivity index is 1.89. The molecule has 1 aromatic heterocycles. The van der Waals surface area contributed by atoms with Crippen LogP contribution in [0.25, 0.3) is 0 Å². The quantitative estimate of drug-likeness (QED) is 0.817. The molecule has 0 aliphatic carbocycles. The predicted molar refractivity (Wildman–Crippen MR) is 80.2 cm³/mol. The minimum atomic E-state index is -0.00183. The number of nitrogens with two attached hydrogens (primary N) is 1. The first-order valence-corrected chi connectivity index (χ1v) is 7.04. The number of amides is 1. The summed E-state index contributed by atoms with van der Waals surface area (Å²) in [7, 11) is 1.73. The van der Waals surface area contributed by atoms with Crippen LogP contribution in [0, 0.1) is 6.92 Å². The zero-order valence-electron chi connectivity index (χ0n) is 12.8. The van der Waals surface area contributed by atoms with Crippen molar-refractivity contribution in [2.24, 2.45) is 5.73 Å². The number of hydrogen-bond donors (Lipinski definition) is 1. The fraction of sp³-hybridized carbons (Fsp3) is 0.400. The number of carbonyl (C=O) groups is 1. The minimum absolute atomic E-state index is 0.00183. The average molecular weight is 304 g/mol. The molecule has 0 fully saturated rings. The van der Waals surface area contributed by atoms with Crippen molar-refractivity contribution in [3.63, 3.8) is 0 Å². The van der Waals surface area contributed by atoms with Gasteiger partial charge in [-0.25, -0.2) is 4.63 Å². The molecule has 2 aromatic rings. The lowest BCUT2D eigenvalue weighted by Gasteiger charge is -2.16. The Hall–Kier alpha value is -2.41. The van der Waals surface area contributed by atoms with E-state index >= 15 is 0 Å². The van der Waals surface area contributed by atoms with Gasteiger partial charge < -0.3 is 15.4 Å². The van der Waals surface area contributed by atoms with Crippen molar-refractivity contribution in [3.05, 3.63) is 41.2 Å². The van der Waals surface area contributed by atoms with E-state index in [2.05, 4.69) is 14.9 Å². The smallest absolute Gasteiger partial charge is 0.227 e. The van der Waals surface area contributed by atoms with Gasteiger partial charge in [0.25, 0.3) is 0 Å². The van der Waals surface area contributed by atoms with Crippen LogP contribution in [0.5, 0.6) is 5.75 Å². The highest BCUT2D eigenvalue weighted by atomic mass is 16.6. The van der Waals surface area contributed by atoms with E-state index < -0.39 is 0 Å². The summed E-state index contributed by atoms with van der Waals surface area (Å²) in [5.74, 6) is 0.748. The molecule has 0 atom stereocenters. The summed E-state index contributed by atoms with van der Waals surface area (Å²) >= 11 is 0. The number of aryl methyl sites for hydroxylation is 1. The molecular weight excluding hydrogens is 284 g/mol. The highest BCUT2D eigenvalue weighted by Crippen LogP contribution is 2.13. The SMILES string of the molecule is Cc1nonc1CN(C)C(=O)Cc1ccc(OCCN)cc1. The molecule has 1 aromatic carbocycles. The van der Waals surface area contributed by atoms with Crippen LogP contribution in [0.3, 0.4) is 0 Å².